The molecule has 0 saturated carbocycles. The Morgan fingerprint density at radius 3 is 2.55 bits per heavy atom. The van der Waals surface area contributed by atoms with Gasteiger partial charge in [-0.3, -0.25) is 0 Å². The number of rotatable bonds is 4. The summed E-state index contributed by atoms with van der Waals surface area (Å²) in [5.41, 5.74) is 1.13. The van der Waals surface area contributed by atoms with Crippen LogP contribution < -0.4 is 9.47 Å². The molecule has 102 valence electrons. The van der Waals surface area contributed by atoms with Crippen molar-refractivity contribution in [2.75, 3.05) is 7.11 Å². The molecule has 0 atom stereocenters. The standard InChI is InChI=1S/C15H12ClNO3/c1-19-12-4-11(8-17)5-13(7-12)20-15-3-2-10(9-18)6-14(15)16/h2-7,18H,9H2,1H3. The molecule has 5 heteroatoms. The molecule has 0 aliphatic rings. The maximum absolute atomic E-state index is 9.03. The second kappa shape index (κ2) is 6.29. The fourth-order valence-electron chi connectivity index (χ4n) is 1.67. The van der Waals surface area contributed by atoms with E-state index in [1.54, 1.807) is 36.4 Å². The van der Waals surface area contributed by atoms with E-state index in [2.05, 4.69) is 0 Å². The number of benzene rings is 2. The SMILES string of the molecule is COc1cc(C#N)cc(Oc2ccc(CO)cc2Cl)c1. The number of methoxy groups -OCH3 is 1. The van der Waals surface area contributed by atoms with Gasteiger partial charge in [-0.05, 0) is 29.8 Å². The predicted octanol–water partition coefficient (Wildman–Crippen LogP) is 3.50. The summed E-state index contributed by atoms with van der Waals surface area (Å²) in [6.45, 7) is -0.0856. The summed E-state index contributed by atoms with van der Waals surface area (Å²) in [5.74, 6) is 1.43. The highest BCUT2D eigenvalue weighted by molar-refractivity contribution is 6.32. The van der Waals surface area contributed by atoms with Gasteiger partial charge in [0.1, 0.15) is 17.2 Å². The normalized spacial score (nSPS) is 9.90. The van der Waals surface area contributed by atoms with Gasteiger partial charge < -0.3 is 14.6 Å². The van der Waals surface area contributed by atoms with Gasteiger partial charge in [0.2, 0.25) is 0 Å². The van der Waals surface area contributed by atoms with Crippen molar-refractivity contribution in [3.05, 3.63) is 52.5 Å². The van der Waals surface area contributed by atoms with E-state index in [-0.39, 0.29) is 6.61 Å². The van der Waals surface area contributed by atoms with Crippen LogP contribution in [0.25, 0.3) is 0 Å². The van der Waals surface area contributed by atoms with Gasteiger partial charge in [-0.2, -0.15) is 5.26 Å². The zero-order valence-electron chi connectivity index (χ0n) is 10.8. The molecular weight excluding hydrogens is 278 g/mol. The fourth-order valence-corrected chi connectivity index (χ4v) is 1.91. The smallest absolute Gasteiger partial charge is 0.146 e. The summed E-state index contributed by atoms with van der Waals surface area (Å²) in [5, 5.41) is 18.4. The molecule has 1 N–H and O–H groups in total. The Kier molecular flexibility index (Phi) is 4.46. The maximum atomic E-state index is 9.03. The number of hydrogen-bond donors (Lipinski definition) is 1. The molecule has 2 rings (SSSR count). The average Bonchev–Trinajstić information content (AvgIpc) is 2.48. The molecule has 2 aromatic carbocycles. The molecule has 0 saturated heterocycles. The summed E-state index contributed by atoms with van der Waals surface area (Å²) in [6.07, 6.45) is 0. The van der Waals surface area contributed by atoms with Crippen LogP contribution in [0, 0.1) is 11.3 Å². The molecule has 0 aromatic heterocycles. The van der Waals surface area contributed by atoms with Crippen LogP contribution in [0.1, 0.15) is 11.1 Å². The van der Waals surface area contributed by atoms with Crippen LogP contribution in [0.15, 0.2) is 36.4 Å². The second-order valence-electron chi connectivity index (χ2n) is 4.03. The Bertz CT molecular complexity index is 665. The molecule has 0 fully saturated rings. The Balaban J connectivity index is 2.32. The molecule has 0 spiro atoms. The lowest BCUT2D eigenvalue weighted by Crippen LogP contribution is -1.91. The van der Waals surface area contributed by atoms with Gasteiger partial charge >= 0.3 is 0 Å². The van der Waals surface area contributed by atoms with Gasteiger partial charge in [0.05, 0.1) is 30.4 Å². The van der Waals surface area contributed by atoms with Crippen molar-refractivity contribution < 1.29 is 14.6 Å². The van der Waals surface area contributed by atoms with Crippen LogP contribution in [0.2, 0.25) is 5.02 Å². The first kappa shape index (κ1) is 14.2. The average molecular weight is 290 g/mol. The monoisotopic (exact) mass is 289 g/mol. The largest absolute Gasteiger partial charge is 0.497 e. The Hall–Kier alpha value is -2.22. The van der Waals surface area contributed by atoms with Crippen molar-refractivity contribution in [3.8, 4) is 23.3 Å². The first-order valence-corrected chi connectivity index (χ1v) is 6.20. The molecule has 0 bridgehead atoms. The lowest BCUT2D eigenvalue weighted by Gasteiger charge is -2.10. The third-order valence-corrected chi connectivity index (χ3v) is 2.95. The van der Waals surface area contributed by atoms with E-state index >= 15 is 0 Å². The van der Waals surface area contributed by atoms with E-state index in [9.17, 15) is 0 Å². The van der Waals surface area contributed by atoms with Gasteiger partial charge in [-0.25, -0.2) is 0 Å². The first-order valence-electron chi connectivity index (χ1n) is 5.82. The third-order valence-electron chi connectivity index (χ3n) is 2.65. The number of nitrogens with zero attached hydrogens (tertiary/aromatic N) is 1. The van der Waals surface area contributed by atoms with Crippen molar-refractivity contribution in [2.24, 2.45) is 0 Å². The van der Waals surface area contributed by atoms with Gasteiger partial charge in [0, 0.05) is 6.07 Å². The predicted molar refractivity (Wildman–Crippen MR) is 75.2 cm³/mol. The van der Waals surface area contributed by atoms with E-state index in [1.165, 1.54) is 7.11 Å². The van der Waals surface area contributed by atoms with E-state index in [1.807, 2.05) is 6.07 Å². The summed E-state index contributed by atoms with van der Waals surface area (Å²) >= 11 is 6.07. The topological polar surface area (TPSA) is 62.5 Å². The summed E-state index contributed by atoms with van der Waals surface area (Å²) < 4.78 is 10.8. The van der Waals surface area contributed by atoms with Crippen LogP contribution >= 0.6 is 11.6 Å². The van der Waals surface area contributed by atoms with E-state index < -0.39 is 0 Å². The van der Waals surface area contributed by atoms with Gasteiger partial charge in [0.15, 0.2) is 0 Å². The van der Waals surface area contributed by atoms with Crippen LogP contribution in [0.4, 0.5) is 0 Å². The van der Waals surface area contributed by atoms with Crippen LogP contribution in [0.3, 0.4) is 0 Å². The first-order chi connectivity index (χ1) is 9.66. The molecule has 0 amide bonds. The highest BCUT2D eigenvalue weighted by Gasteiger charge is 2.07. The maximum Gasteiger partial charge on any atom is 0.146 e. The minimum Gasteiger partial charge on any atom is -0.497 e. The third kappa shape index (κ3) is 3.21. The number of nitriles is 1. The zero-order valence-corrected chi connectivity index (χ0v) is 11.5. The Labute approximate surface area is 121 Å². The lowest BCUT2D eigenvalue weighted by molar-refractivity contribution is 0.281. The van der Waals surface area contributed by atoms with Crippen LogP contribution in [-0.4, -0.2) is 12.2 Å². The van der Waals surface area contributed by atoms with Crippen LogP contribution in [0.5, 0.6) is 17.2 Å². The quantitative estimate of drug-likeness (QED) is 0.935. The summed E-state index contributed by atoms with van der Waals surface area (Å²) in [6, 6.07) is 11.9. The summed E-state index contributed by atoms with van der Waals surface area (Å²) in [4.78, 5) is 0. The molecule has 20 heavy (non-hydrogen) atoms. The number of halogens is 1. The van der Waals surface area contributed by atoms with E-state index in [4.69, 9.17) is 31.4 Å². The van der Waals surface area contributed by atoms with Gasteiger partial charge in [0.25, 0.3) is 0 Å². The minimum absolute atomic E-state index is 0.0856. The van der Waals surface area contributed by atoms with Crippen molar-refractivity contribution in [1.29, 1.82) is 5.26 Å². The molecule has 0 heterocycles. The summed E-state index contributed by atoms with van der Waals surface area (Å²) in [7, 11) is 1.52. The zero-order chi connectivity index (χ0) is 14.5. The van der Waals surface area contributed by atoms with E-state index in [0.717, 1.165) is 0 Å². The van der Waals surface area contributed by atoms with Crippen LogP contribution in [-0.2, 0) is 6.61 Å². The van der Waals surface area contributed by atoms with Crippen molar-refractivity contribution in [2.45, 2.75) is 6.61 Å². The molecule has 0 aliphatic carbocycles. The van der Waals surface area contributed by atoms with Crippen molar-refractivity contribution in [3.63, 3.8) is 0 Å². The Morgan fingerprint density at radius 1 is 1.20 bits per heavy atom. The number of aliphatic hydroxyl groups is 1. The number of hydrogen-bond acceptors (Lipinski definition) is 4. The molecule has 2 aromatic rings. The minimum atomic E-state index is -0.0856. The number of aliphatic hydroxyl groups excluding tert-OH is 1. The second-order valence-corrected chi connectivity index (χ2v) is 4.44. The molecule has 0 unspecified atom stereocenters. The molecule has 0 radical (unpaired) electrons. The molecule has 0 aliphatic heterocycles. The lowest BCUT2D eigenvalue weighted by atomic mass is 10.2. The van der Waals surface area contributed by atoms with Crippen molar-refractivity contribution in [1.82, 2.24) is 0 Å². The van der Waals surface area contributed by atoms with Gasteiger partial charge in [-0.15, -0.1) is 0 Å². The fraction of sp³-hybridized carbons (Fsp3) is 0.133. The highest BCUT2D eigenvalue weighted by Crippen LogP contribution is 2.32. The Morgan fingerprint density at radius 2 is 1.95 bits per heavy atom. The van der Waals surface area contributed by atoms with E-state index in [0.29, 0.717) is 33.4 Å². The highest BCUT2D eigenvalue weighted by atomic mass is 35.5. The molecular formula is C15H12ClNO3. The van der Waals surface area contributed by atoms with Gasteiger partial charge in [-0.1, -0.05) is 17.7 Å². The van der Waals surface area contributed by atoms with Crippen molar-refractivity contribution >= 4 is 11.6 Å². The number of ether oxygens (including phenoxy) is 2. The molecule has 4 nitrogen and oxygen atoms in total.